The molecule has 9 nitrogen and oxygen atoms in total. The molecule has 1 aromatic heterocycles. The molecule has 10 heteroatoms. The molecule has 0 atom stereocenters. The van der Waals surface area contributed by atoms with E-state index in [4.69, 9.17) is 0 Å². The number of nitro groups is 2. The summed E-state index contributed by atoms with van der Waals surface area (Å²) in [6.45, 7) is 0. The molecule has 25 heavy (non-hydrogen) atoms. The lowest BCUT2D eigenvalue weighted by molar-refractivity contribution is -0.394. The van der Waals surface area contributed by atoms with Crippen molar-refractivity contribution in [2.75, 3.05) is 0 Å². The van der Waals surface area contributed by atoms with Crippen LogP contribution in [0.4, 0.5) is 11.4 Å². The molecule has 0 aliphatic heterocycles. The van der Waals surface area contributed by atoms with E-state index in [9.17, 15) is 25.0 Å². The topological polar surface area (TPSA) is 132 Å². The van der Waals surface area contributed by atoms with Crippen LogP contribution in [0, 0.1) is 20.2 Å². The van der Waals surface area contributed by atoms with Gasteiger partial charge in [0, 0.05) is 17.4 Å². The summed E-state index contributed by atoms with van der Waals surface area (Å²) in [5, 5.41) is 22.7. The van der Waals surface area contributed by atoms with E-state index in [1.165, 1.54) is 12.1 Å². The number of para-hydroxylation sites is 1. The summed E-state index contributed by atoms with van der Waals surface area (Å²) in [6.07, 6.45) is 0. The van der Waals surface area contributed by atoms with Gasteiger partial charge >= 0.3 is 0 Å². The number of fused-ring (bicyclic) bond motifs is 1. The van der Waals surface area contributed by atoms with Gasteiger partial charge in [0.05, 0.1) is 26.8 Å². The summed E-state index contributed by atoms with van der Waals surface area (Å²) in [5.74, 6) is 0.135. The number of hydrogen-bond donors (Lipinski definition) is 1. The first-order chi connectivity index (χ1) is 12.0. The van der Waals surface area contributed by atoms with Gasteiger partial charge in [0.15, 0.2) is 5.16 Å². The van der Waals surface area contributed by atoms with Crippen molar-refractivity contribution in [1.29, 1.82) is 0 Å². The number of aromatic nitrogens is 2. The number of nitrogens with one attached hydrogen (secondary N) is 1. The molecule has 3 aromatic rings. The van der Waals surface area contributed by atoms with Gasteiger partial charge in [0.1, 0.15) is 0 Å². The number of aromatic amines is 1. The van der Waals surface area contributed by atoms with Gasteiger partial charge in [-0.05, 0) is 18.2 Å². The van der Waals surface area contributed by atoms with E-state index in [0.29, 0.717) is 21.6 Å². The normalized spacial score (nSPS) is 10.7. The molecule has 0 saturated carbocycles. The van der Waals surface area contributed by atoms with Gasteiger partial charge in [-0.1, -0.05) is 23.9 Å². The van der Waals surface area contributed by atoms with Crippen molar-refractivity contribution in [3.05, 3.63) is 78.6 Å². The third-order valence-corrected chi connectivity index (χ3v) is 4.35. The third-order valence-electron chi connectivity index (χ3n) is 3.43. The number of non-ortho nitro benzene ring substituents is 1. The number of benzene rings is 2. The van der Waals surface area contributed by atoms with Gasteiger partial charge in [0.25, 0.3) is 16.9 Å². The summed E-state index contributed by atoms with van der Waals surface area (Å²) in [6, 6.07) is 10.3. The number of nitrogens with zero attached hydrogens (tertiary/aromatic N) is 3. The van der Waals surface area contributed by atoms with Crippen LogP contribution in [0.1, 0.15) is 5.56 Å². The van der Waals surface area contributed by atoms with Gasteiger partial charge in [-0.2, -0.15) is 0 Å². The quantitative estimate of drug-likeness (QED) is 0.321. The highest BCUT2D eigenvalue weighted by Crippen LogP contribution is 2.29. The first-order valence-electron chi connectivity index (χ1n) is 6.99. The predicted octanol–water partition coefficient (Wildman–Crippen LogP) is 3.03. The van der Waals surface area contributed by atoms with Crippen LogP contribution in [0.15, 0.2) is 52.4 Å². The molecule has 0 unspecified atom stereocenters. The van der Waals surface area contributed by atoms with Crippen LogP contribution < -0.4 is 5.56 Å². The second kappa shape index (κ2) is 6.69. The SMILES string of the molecule is O=c1[nH]c(SCc2ccc([N+](=O)[O-])cc2[N+](=O)[O-])nc2ccccc12. The van der Waals surface area contributed by atoms with Crippen LogP contribution in [-0.4, -0.2) is 19.8 Å². The Bertz CT molecular complexity index is 1050. The van der Waals surface area contributed by atoms with E-state index in [2.05, 4.69) is 9.97 Å². The first-order valence-corrected chi connectivity index (χ1v) is 7.98. The standard InChI is InChI=1S/C15H10N4O5S/c20-14-11-3-1-2-4-12(11)16-15(17-14)25-8-9-5-6-10(18(21)22)7-13(9)19(23)24/h1-7H,8H2,(H,16,17,20). The van der Waals surface area contributed by atoms with Crippen molar-refractivity contribution in [2.45, 2.75) is 10.9 Å². The zero-order chi connectivity index (χ0) is 18.0. The fraction of sp³-hybridized carbons (Fsp3) is 0.0667. The Kier molecular flexibility index (Phi) is 4.44. The van der Waals surface area contributed by atoms with Gasteiger partial charge in [0.2, 0.25) is 0 Å². The number of rotatable bonds is 5. The lowest BCUT2D eigenvalue weighted by Crippen LogP contribution is -2.09. The fourth-order valence-electron chi connectivity index (χ4n) is 2.24. The Morgan fingerprint density at radius 2 is 1.84 bits per heavy atom. The van der Waals surface area contributed by atoms with Crippen molar-refractivity contribution in [1.82, 2.24) is 9.97 Å². The van der Waals surface area contributed by atoms with Crippen LogP contribution in [-0.2, 0) is 5.75 Å². The highest BCUT2D eigenvalue weighted by molar-refractivity contribution is 7.98. The highest BCUT2D eigenvalue weighted by Gasteiger charge is 2.19. The summed E-state index contributed by atoms with van der Waals surface area (Å²) in [4.78, 5) is 39.5. The summed E-state index contributed by atoms with van der Waals surface area (Å²) < 4.78 is 0. The second-order valence-corrected chi connectivity index (χ2v) is 5.97. The maximum absolute atomic E-state index is 12.0. The number of thioether (sulfide) groups is 1. The molecule has 1 heterocycles. The molecule has 0 amide bonds. The van der Waals surface area contributed by atoms with E-state index in [-0.39, 0.29) is 22.7 Å². The molecule has 0 radical (unpaired) electrons. The van der Waals surface area contributed by atoms with Gasteiger partial charge in [-0.25, -0.2) is 4.98 Å². The Labute approximate surface area is 144 Å². The van der Waals surface area contributed by atoms with E-state index in [1.807, 2.05) is 0 Å². The number of nitro benzene ring substituents is 2. The molecule has 0 spiro atoms. The maximum Gasteiger partial charge on any atom is 0.280 e. The van der Waals surface area contributed by atoms with Crippen molar-refractivity contribution >= 4 is 34.0 Å². The van der Waals surface area contributed by atoms with Gasteiger partial charge in [-0.3, -0.25) is 25.0 Å². The largest absolute Gasteiger partial charge is 0.301 e. The van der Waals surface area contributed by atoms with Gasteiger partial charge < -0.3 is 4.98 Å². The Hall–Kier alpha value is -3.27. The second-order valence-electron chi connectivity index (χ2n) is 5.00. The average Bonchev–Trinajstić information content (AvgIpc) is 2.59. The third kappa shape index (κ3) is 3.48. The Morgan fingerprint density at radius 3 is 2.56 bits per heavy atom. The molecule has 0 saturated heterocycles. The molecule has 3 rings (SSSR count). The average molecular weight is 358 g/mol. The maximum atomic E-state index is 12.0. The molecular formula is C15H10N4O5S. The van der Waals surface area contributed by atoms with Crippen LogP contribution in [0.3, 0.4) is 0 Å². The fourth-order valence-corrected chi connectivity index (χ4v) is 3.10. The number of H-pyrrole nitrogens is 1. The van der Waals surface area contributed by atoms with E-state index in [1.54, 1.807) is 24.3 Å². The molecule has 0 bridgehead atoms. The molecule has 0 aliphatic rings. The molecule has 2 aromatic carbocycles. The summed E-state index contributed by atoms with van der Waals surface area (Å²) >= 11 is 1.11. The van der Waals surface area contributed by atoms with E-state index >= 15 is 0 Å². The van der Waals surface area contributed by atoms with Gasteiger partial charge in [-0.15, -0.1) is 0 Å². The van der Waals surface area contributed by atoms with Crippen molar-refractivity contribution in [2.24, 2.45) is 0 Å². The molecular weight excluding hydrogens is 348 g/mol. The minimum absolute atomic E-state index is 0.135. The van der Waals surface area contributed by atoms with Crippen LogP contribution in [0.2, 0.25) is 0 Å². The minimum atomic E-state index is -0.688. The first kappa shape index (κ1) is 16.6. The minimum Gasteiger partial charge on any atom is -0.301 e. The molecule has 126 valence electrons. The Balaban J connectivity index is 1.90. The smallest absolute Gasteiger partial charge is 0.280 e. The van der Waals surface area contributed by atoms with Crippen molar-refractivity contribution in [3.8, 4) is 0 Å². The van der Waals surface area contributed by atoms with Crippen LogP contribution in [0.5, 0.6) is 0 Å². The van der Waals surface area contributed by atoms with E-state index in [0.717, 1.165) is 17.8 Å². The summed E-state index contributed by atoms with van der Waals surface area (Å²) in [5.41, 5.74) is -0.169. The zero-order valence-electron chi connectivity index (χ0n) is 12.5. The van der Waals surface area contributed by atoms with Crippen molar-refractivity contribution < 1.29 is 9.85 Å². The van der Waals surface area contributed by atoms with Crippen molar-refractivity contribution in [3.63, 3.8) is 0 Å². The number of hydrogen-bond acceptors (Lipinski definition) is 7. The highest BCUT2D eigenvalue weighted by atomic mass is 32.2. The van der Waals surface area contributed by atoms with Crippen LogP contribution >= 0.6 is 11.8 Å². The van der Waals surface area contributed by atoms with Crippen LogP contribution in [0.25, 0.3) is 10.9 Å². The molecule has 0 fully saturated rings. The lowest BCUT2D eigenvalue weighted by atomic mass is 10.2. The zero-order valence-corrected chi connectivity index (χ0v) is 13.4. The summed E-state index contributed by atoms with van der Waals surface area (Å²) in [7, 11) is 0. The monoisotopic (exact) mass is 358 g/mol. The lowest BCUT2D eigenvalue weighted by Gasteiger charge is -2.04. The predicted molar refractivity (Wildman–Crippen MR) is 91.7 cm³/mol. The molecule has 0 aliphatic carbocycles. The molecule has 1 N–H and O–H groups in total. The Morgan fingerprint density at radius 1 is 1.08 bits per heavy atom. The van der Waals surface area contributed by atoms with E-state index < -0.39 is 9.85 Å².